The fourth-order valence-corrected chi connectivity index (χ4v) is 3.67. The van der Waals surface area contributed by atoms with Crippen LogP contribution in [0.2, 0.25) is 0 Å². The van der Waals surface area contributed by atoms with Crippen LogP contribution in [-0.4, -0.2) is 51.0 Å². The summed E-state index contributed by atoms with van der Waals surface area (Å²) in [7, 11) is 2.16. The number of hydrogen-bond donors (Lipinski definition) is 1. The minimum Gasteiger partial charge on any atom is -0.384 e. The Hall–Kier alpha value is -2.28. The van der Waals surface area contributed by atoms with E-state index in [1.807, 2.05) is 6.20 Å². The predicted molar refractivity (Wildman–Crippen MR) is 102 cm³/mol. The maximum absolute atomic E-state index is 5.77. The largest absolute Gasteiger partial charge is 0.384 e. The molecule has 0 radical (unpaired) electrons. The second-order valence-corrected chi connectivity index (χ2v) is 7.43. The van der Waals surface area contributed by atoms with Gasteiger partial charge in [-0.15, -0.1) is 0 Å². The van der Waals surface area contributed by atoms with E-state index in [0.717, 1.165) is 49.9 Å². The molecule has 4 rings (SSSR count). The Kier molecular flexibility index (Phi) is 4.97. The van der Waals surface area contributed by atoms with Gasteiger partial charge >= 0.3 is 0 Å². The zero-order valence-electron chi connectivity index (χ0n) is 15.4. The van der Waals surface area contributed by atoms with Crippen LogP contribution < -0.4 is 10.6 Å². The molecule has 26 heavy (non-hydrogen) atoms. The van der Waals surface area contributed by atoms with Gasteiger partial charge in [0.05, 0.1) is 6.54 Å². The number of aromatic nitrogens is 4. The van der Waals surface area contributed by atoms with E-state index in [9.17, 15) is 0 Å². The molecule has 0 bridgehead atoms. The molecule has 3 heterocycles. The van der Waals surface area contributed by atoms with Crippen molar-refractivity contribution in [3.8, 4) is 0 Å². The number of nitrogens with two attached hydrogens (primary N) is 1. The van der Waals surface area contributed by atoms with Crippen molar-refractivity contribution >= 4 is 11.6 Å². The highest BCUT2D eigenvalue weighted by atomic mass is 15.2. The molecule has 138 valence electrons. The van der Waals surface area contributed by atoms with E-state index in [4.69, 9.17) is 10.7 Å². The lowest BCUT2D eigenvalue weighted by molar-refractivity contribution is 0.212. The van der Waals surface area contributed by atoms with Crippen LogP contribution >= 0.6 is 0 Å². The summed E-state index contributed by atoms with van der Waals surface area (Å²) >= 11 is 0. The highest BCUT2D eigenvalue weighted by Gasteiger charge is 2.27. The summed E-state index contributed by atoms with van der Waals surface area (Å²) in [6.07, 6.45) is 9.58. The summed E-state index contributed by atoms with van der Waals surface area (Å²) in [5.41, 5.74) is 5.77. The highest BCUT2D eigenvalue weighted by Crippen LogP contribution is 2.38. The molecule has 2 aromatic rings. The topological polar surface area (TPSA) is 84.1 Å². The van der Waals surface area contributed by atoms with Gasteiger partial charge in [-0.3, -0.25) is 4.90 Å². The predicted octanol–water partition coefficient (Wildman–Crippen LogP) is 2.22. The maximum atomic E-state index is 5.77. The van der Waals surface area contributed by atoms with Crippen molar-refractivity contribution in [3.63, 3.8) is 0 Å². The third-order valence-corrected chi connectivity index (χ3v) is 5.36. The third-order valence-electron chi connectivity index (χ3n) is 5.36. The van der Waals surface area contributed by atoms with Crippen molar-refractivity contribution < 1.29 is 0 Å². The molecule has 0 amide bonds. The molecule has 7 nitrogen and oxygen atoms in total. The molecule has 7 heteroatoms. The average Bonchev–Trinajstić information content (AvgIpc) is 3.48. The Morgan fingerprint density at radius 1 is 1.08 bits per heavy atom. The molecule has 1 aliphatic carbocycles. The van der Waals surface area contributed by atoms with Crippen molar-refractivity contribution in [3.05, 3.63) is 36.2 Å². The van der Waals surface area contributed by atoms with Gasteiger partial charge in [0, 0.05) is 37.4 Å². The monoisotopic (exact) mass is 353 g/mol. The quantitative estimate of drug-likeness (QED) is 0.882. The third kappa shape index (κ3) is 4.09. The van der Waals surface area contributed by atoms with Crippen molar-refractivity contribution in [2.24, 2.45) is 0 Å². The Morgan fingerprint density at radius 3 is 2.73 bits per heavy atom. The van der Waals surface area contributed by atoms with Gasteiger partial charge in [0.2, 0.25) is 0 Å². The Labute approximate surface area is 154 Å². The first-order chi connectivity index (χ1) is 12.7. The van der Waals surface area contributed by atoms with E-state index in [2.05, 4.69) is 37.9 Å². The molecule has 0 spiro atoms. The second-order valence-electron chi connectivity index (χ2n) is 7.43. The fraction of sp³-hybridized carbons (Fsp3) is 0.579. The van der Waals surface area contributed by atoms with Crippen LogP contribution in [0, 0.1) is 0 Å². The fourth-order valence-electron chi connectivity index (χ4n) is 3.67. The standard InChI is InChI=1S/C19H27N7/c1-25(13-17-21-9-6-16(20)23-17)15-3-2-11-26(12-8-15)18-7-10-22-19(24-18)14-4-5-14/h6-7,9-10,14-15H,2-5,8,11-13H2,1H3,(H2,20,21,23)/t15-/m0/s1. The smallest absolute Gasteiger partial charge is 0.144 e. The van der Waals surface area contributed by atoms with Crippen LogP contribution in [-0.2, 0) is 6.54 Å². The first kappa shape index (κ1) is 17.1. The van der Waals surface area contributed by atoms with Crippen molar-refractivity contribution in [1.82, 2.24) is 24.8 Å². The van der Waals surface area contributed by atoms with Gasteiger partial charge in [-0.2, -0.15) is 0 Å². The number of hydrogen-bond acceptors (Lipinski definition) is 7. The van der Waals surface area contributed by atoms with Crippen LogP contribution in [0.3, 0.4) is 0 Å². The van der Waals surface area contributed by atoms with E-state index in [1.165, 1.54) is 19.3 Å². The molecule has 0 aromatic carbocycles. The van der Waals surface area contributed by atoms with Gasteiger partial charge in [0.25, 0.3) is 0 Å². The normalized spacial score (nSPS) is 21.0. The molecule has 1 saturated heterocycles. The van der Waals surface area contributed by atoms with Crippen LogP contribution in [0.5, 0.6) is 0 Å². The average molecular weight is 353 g/mol. The Bertz CT molecular complexity index is 746. The van der Waals surface area contributed by atoms with E-state index in [0.29, 0.717) is 17.8 Å². The maximum Gasteiger partial charge on any atom is 0.144 e. The molecule has 1 saturated carbocycles. The van der Waals surface area contributed by atoms with Gasteiger partial charge in [-0.05, 0) is 51.3 Å². The highest BCUT2D eigenvalue weighted by molar-refractivity contribution is 5.38. The van der Waals surface area contributed by atoms with E-state index in [-0.39, 0.29) is 0 Å². The van der Waals surface area contributed by atoms with Crippen molar-refractivity contribution in [2.75, 3.05) is 30.8 Å². The zero-order valence-corrected chi connectivity index (χ0v) is 15.4. The summed E-state index contributed by atoms with van der Waals surface area (Å²) in [6.45, 7) is 2.81. The minimum atomic E-state index is 0.523. The molecule has 0 unspecified atom stereocenters. The van der Waals surface area contributed by atoms with Gasteiger partial charge in [-0.1, -0.05) is 0 Å². The summed E-state index contributed by atoms with van der Waals surface area (Å²) in [5, 5.41) is 0. The molecular formula is C19H27N7. The van der Waals surface area contributed by atoms with Gasteiger partial charge < -0.3 is 10.6 Å². The van der Waals surface area contributed by atoms with Gasteiger partial charge in [0.1, 0.15) is 23.3 Å². The Morgan fingerprint density at radius 2 is 1.92 bits per heavy atom. The SMILES string of the molecule is CN(Cc1nccc(N)n1)[C@H]1CCCN(c2ccnc(C3CC3)n2)CC1. The summed E-state index contributed by atoms with van der Waals surface area (Å²) < 4.78 is 0. The van der Waals surface area contributed by atoms with Crippen molar-refractivity contribution in [2.45, 2.75) is 50.6 Å². The lowest BCUT2D eigenvalue weighted by Gasteiger charge is -2.27. The van der Waals surface area contributed by atoms with Gasteiger partial charge in [-0.25, -0.2) is 19.9 Å². The summed E-state index contributed by atoms with van der Waals surface area (Å²) in [5.74, 6) is 4.03. The summed E-state index contributed by atoms with van der Waals surface area (Å²) in [6, 6.07) is 4.30. The van der Waals surface area contributed by atoms with Crippen molar-refractivity contribution in [1.29, 1.82) is 0 Å². The molecular weight excluding hydrogens is 326 g/mol. The number of nitrogen functional groups attached to an aromatic ring is 1. The van der Waals surface area contributed by atoms with Crippen LogP contribution in [0.1, 0.15) is 49.7 Å². The van der Waals surface area contributed by atoms with Crippen LogP contribution in [0.4, 0.5) is 11.6 Å². The number of rotatable bonds is 5. The lowest BCUT2D eigenvalue weighted by atomic mass is 10.1. The van der Waals surface area contributed by atoms with E-state index < -0.39 is 0 Å². The van der Waals surface area contributed by atoms with Crippen LogP contribution in [0.15, 0.2) is 24.5 Å². The molecule has 1 aliphatic heterocycles. The van der Waals surface area contributed by atoms with E-state index >= 15 is 0 Å². The number of anilines is 2. The lowest BCUT2D eigenvalue weighted by Crippen LogP contribution is -2.33. The van der Waals surface area contributed by atoms with Crippen LogP contribution in [0.25, 0.3) is 0 Å². The summed E-state index contributed by atoms with van der Waals surface area (Å²) in [4.78, 5) is 22.7. The van der Waals surface area contributed by atoms with E-state index in [1.54, 1.807) is 12.3 Å². The first-order valence-corrected chi connectivity index (χ1v) is 9.54. The zero-order chi connectivity index (χ0) is 17.9. The Balaban J connectivity index is 1.37. The number of nitrogens with zero attached hydrogens (tertiary/aromatic N) is 6. The second kappa shape index (κ2) is 7.53. The minimum absolute atomic E-state index is 0.523. The molecule has 2 aromatic heterocycles. The molecule has 2 N–H and O–H groups in total. The van der Waals surface area contributed by atoms with Gasteiger partial charge in [0.15, 0.2) is 0 Å². The molecule has 1 atom stereocenters. The molecule has 2 aliphatic rings. The first-order valence-electron chi connectivity index (χ1n) is 9.54. The molecule has 2 fully saturated rings.